The maximum absolute atomic E-state index is 12.2. The van der Waals surface area contributed by atoms with E-state index in [2.05, 4.69) is 20.2 Å². The summed E-state index contributed by atoms with van der Waals surface area (Å²) < 4.78 is 12.5. The van der Waals surface area contributed by atoms with Crippen molar-refractivity contribution in [1.82, 2.24) is 14.9 Å². The lowest BCUT2D eigenvalue weighted by molar-refractivity contribution is 0.251. The third kappa shape index (κ3) is 4.09. The number of urea groups is 1. The summed E-state index contributed by atoms with van der Waals surface area (Å²) in [6.07, 6.45) is 0. The van der Waals surface area contributed by atoms with Crippen molar-refractivity contribution < 1.29 is 14.3 Å². The Bertz CT molecular complexity index is 971. The number of rotatable bonds is 6. The molecule has 0 atom stereocenters. The number of carbonyl (C=O) groups is 1. The number of anilines is 1. The first kappa shape index (κ1) is 18.8. The zero-order valence-electron chi connectivity index (χ0n) is 15.4. The number of nitrogens with zero attached hydrogens (tertiary/aromatic N) is 2. The van der Waals surface area contributed by atoms with Crippen LogP contribution in [-0.2, 0) is 6.54 Å². The zero-order valence-corrected chi connectivity index (χ0v) is 16.1. The number of nitrogens with one attached hydrogen (secondary N) is 2. The number of hydrogen-bond acceptors (Lipinski definition) is 4. The van der Waals surface area contributed by atoms with Gasteiger partial charge in [-0.3, -0.25) is 0 Å². The highest BCUT2D eigenvalue weighted by Crippen LogP contribution is 2.35. The van der Waals surface area contributed by atoms with E-state index in [9.17, 15) is 4.79 Å². The number of methoxy groups -OCH3 is 2. The van der Waals surface area contributed by atoms with Gasteiger partial charge in [0.15, 0.2) is 0 Å². The Morgan fingerprint density at radius 1 is 1.19 bits per heavy atom. The molecule has 2 amide bonds. The first-order valence-electron chi connectivity index (χ1n) is 8.41. The number of halogens is 1. The maximum Gasteiger partial charge on any atom is 0.319 e. The minimum absolute atomic E-state index is 0.350. The van der Waals surface area contributed by atoms with Crippen molar-refractivity contribution in [2.75, 3.05) is 26.1 Å². The molecule has 8 heteroatoms. The average molecular weight is 389 g/mol. The summed E-state index contributed by atoms with van der Waals surface area (Å²) in [5.74, 6) is 1.84. The number of benzene rings is 2. The molecule has 0 saturated carbocycles. The highest BCUT2D eigenvalue weighted by molar-refractivity contribution is 6.32. The summed E-state index contributed by atoms with van der Waals surface area (Å²) >= 11 is 6.12. The van der Waals surface area contributed by atoms with Gasteiger partial charge < -0.3 is 24.7 Å². The van der Waals surface area contributed by atoms with Gasteiger partial charge >= 0.3 is 6.03 Å². The van der Waals surface area contributed by atoms with Crippen LogP contribution in [0.2, 0.25) is 5.02 Å². The van der Waals surface area contributed by atoms with Crippen LogP contribution in [0.3, 0.4) is 0 Å². The predicted molar refractivity (Wildman–Crippen MR) is 106 cm³/mol. The molecular weight excluding hydrogens is 368 g/mol. The van der Waals surface area contributed by atoms with Crippen molar-refractivity contribution in [2.45, 2.75) is 13.5 Å². The number of amides is 2. The fourth-order valence-corrected chi connectivity index (χ4v) is 3.12. The Balaban J connectivity index is 1.63. The number of aryl methyl sites for hydroxylation is 1. The Hall–Kier alpha value is -2.93. The normalized spacial score (nSPS) is 10.7. The van der Waals surface area contributed by atoms with Crippen LogP contribution >= 0.6 is 11.6 Å². The van der Waals surface area contributed by atoms with Gasteiger partial charge in [0, 0.05) is 19.2 Å². The molecule has 27 heavy (non-hydrogen) atoms. The van der Waals surface area contributed by atoms with Gasteiger partial charge in [-0.25, -0.2) is 9.78 Å². The van der Waals surface area contributed by atoms with Crippen LogP contribution in [0.5, 0.6) is 11.5 Å². The number of imidazole rings is 1. The predicted octanol–water partition coefficient (Wildman–Crippen LogP) is 3.84. The fourth-order valence-electron chi connectivity index (χ4n) is 2.88. The minimum Gasteiger partial charge on any atom is -0.495 e. The SMILES string of the molecule is COc1cc(OC)c(NC(=O)NCCn2c(C)nc3ccccc32)cc1Cl. The van der Waals surface area contributed by atoms with Gasteiger partial charge in [0.2, 0.25) is 0 Å². The van der Waals surface area contributed by atoms with E-state index in [1.165, 1.54) is 14.2 Å². The molecule has 2 N–H and O–H groups in total. The molecule has 0 saturated heterocycles. The lowest BCUT2D eigenvalue weighted by Crippen LogP contribution is -2.31. The molecule has 1 heterocycles. The van der Waals surface area contributed by atoms with Crippen molar-refractivity contribution in [2.24, 2.45) is 0 Å². The highest BCUT2D eigenvalue weighted by Gasteiger charge is 2.13. The van der Waals surface area contributed by atoms with Crippen LogP contribution in [-0.4, -0.2) is 36.3 Å². The molecule has 142 valence electrons. The van der Waals surface area contributed by atoms with Crippen LogP contribution in [0, 0.1) is 6.92 Å². The Kier molecular flexibility index (Phi) is 5.71. The van der Waals surface area contributed by atoms with Gasteiger partial charge in [-0.1, -0.05) is 23.7 Å². The number of aromatic nitrogens is 2. The van der Waals surface area contributed by atoms with Gasteiger partial charge in [0.25, 0.3) is 0 Å². The molecule has 7 nitrogen and oxygen atoms in total. The molecule has 0 fully saturated rings. The second kappa shape index (κ2) is 8.18. The summed E-state index contributed by atoms with van der Waals surface area (Å²) in [6.45, 7) is 3.00. The van der Waals surface area contributed by atoms with E-state index in [4.69, 9.17) is 21.1 Å². The Morgan fingerprint density at radius 2 is 1.93 bits per heavy atom. The number of fused-ring (bicyclic) bond motifs is 1. The smallest absolute Gasteiger partial charge is 0.319 e. The first-order valence-corrected chi connectivity index (χ1v) is 8.79. The molecule has 0 aliphatic heterocycles. The summed E-state index contributed by atoms with van der Waals surface area (Å²) in [7, 11) is 3.03. The molecule has 0 aliphatic rings. The average Bonchev–Trinajstić information content (AvgIpc) is 2.97. The molecule has 0 bridgehead atoms. The van der Waals surface area contributed by atoms with Crippen LogP contribution in [0.15, 0.2) is 36.4 Å². The summed E-state index contributed by atoms with van der Waals surface area (Å²) in [4.78, 5) is 16.8. The number of carbonyl (C=O) groups excluding carboxylic acids is 1. The summed E-state index contributed by atoms with van der Waals surface area (Å²) in [5.41, 5.74) is 2.45. The van der Waals surface area contributed by atoms with E-state index >= 15 is 0 Å². The monoisotopic (exact) mass is 388 g/mol. The summed E-state index contributed by atoms with van der Waals surface area (Å²) in [6, 6.07) is 10.8. The van der Waals surface area contributed by atoms with Crippen molar-refractivity contribution in [3.05, 3.63) is 47.2 Å². The van der Waals surface area contributed by atoms with E-state index in [0.717, 1.165) is 16.9 Å². The molecule has 0 unspecified atom stereocenters. The zero-order chi connectivity index (χ0) is 19.4. The van der Waals surface area contributed by atoms with Gasteiger partial charge in [0.05, 0.1) is 36.0 Å². The Morgan fingerprint density at radius 3 is 2.67 bits per heavy atom. The van der Waals surface area contributed by atoms with Crippen LogP contribution in [0.25, 0.3) is 11.0 Å². The number of ether oxygens (including phenoxy) is 2. The van der Waals surface area contributed by atoms with Crippen LogP contribution in [0.4, 0.5) is 10.5 Å². The molecule has 0 aliphatic carbocycles. The van der Waals surface area contributed by atoms with Gasteiger partial charge in [0.1, 0.15) is 17.3 Å². The number of para-hydroxylation sites is 2. The maximum atomic E-state index is 12.2. The van der Waals surface area contributed by atoms with Crippen molar-refractivity contribution in [1.29, 1.82) is 0 Å². The van der Waals surface area contributed by atoms with Crippen molar-refractivity contribution in [3.63, 3.8) is 0 Å². The molecule has 3 rings (SSSR count). The number of hydrogen-bond donors (Lipinski definition) is 2. The third-order valence-corrected chi connectivity index (χ3v) is 4.48. The van der Waals surface area contributed by atoms with E-state index in [1.807, 2.05) is 31.2 Å². The van der Waals surface area contributed by atoms with E-state index in [1.54, 1.807) is 12.1 Å². The van der Waals surface area contributed by atoms with Gasteiger partial charge in [-0.05, 0) is 25.1 Å². The lowest BCUT2D eigenvalue weighted by atomic mass is 10.2. The first-order chi connectivity index (χ1) is 13.0. The third-order valence-electron chi connectivity index (χ3n) is 4.19. The largest absolute Gasteiger partial charge is 0.495 e. The van der Waals surface area contributed by atoms with Crippen LogP contribution < -0.4 is 20.1 Å². The molecule has 2 aromatic carbocycles. The minimum atomic E-state index is -0.350. The molecule has 0 spiro atoms. The van der Waals surface area contributed by atoms with Crippen LogP contribution in [0.1, 0.15) is 5.82 Å². The molecular formula is C19H21ClN4O3. The fraction of sp³-hybridized carbons (Fsp3) is 0.263. The van der Waals surface area contributed by atoms with E-state index in [-0.39, 0.29) is 6.03 Å². The summed E-state index contributed by atoms with van der Waals surface area (Å²) in [5, 5.41) is 5.96. The Labute approximate surface area is 162 Å². The van der Waals surface area contributed by atoms with Crippen molar-refractivity contribution in [3.8, 4) is 11.5 Å². The highest BCUT2D eigenvalue weighted by atomic mass is 35.5. The quantitative estimate of drug-likeness (QED) is 0.672. The van der Waals surface area contributed by atoms with E-state index < -0.39 is 0 Å². The standard InChI is InChI=1S/C19H21ClN4O3/c1-12-22-14-6-4-5-7-16(14)24(12)9-8-21-19(25)23-15-10-13(20)17(26-2)11-18(15)27-3/h4-7,10-11H,8-9H2,1-3H3,(H2,21,23,25). The van der Waals surface area contributed by atoms with Crippen molar-refractivity contribution >= 4 is 34.4 Å². The lowest BCUT2D eigenvalue weighted by Gasteiger charge is -2.14. The second-order valence-corrected chi connectivity index (χ2v) is 6.27. The van der Waals surface area contributed by atoms with Gasteiger partial charge in [-0.15, -0.1) is 0 Å². The topological polar surface area (TPSA) is 77.4 Å². The molecule has 1 aromatic heterocycles. The molecule has 0 radical (unpaired) electrons. The second-order valence-electron chi connectivity index (χ2n) is 5.87. The van der Waals surface area contributed by atoms with Gasteiger partial charge in [-0.2, -0.15) is 0 Å². The van der Waals surface area contributed by atoms with E-state index in [0.29, 0.717) is 35.3 Å². The molecule has 3 aromatic rings.